The maximum atomic E-state index is 12.1. The fourth-order valence-corrected chi connectivity index (χ4v) is 2.99. The molecule has 0 spiro atoms. The Morgan fingerprint density at radius 3 is 2.35 bits per heavy atom. The Hall–Kier alpha value is -1.53. The van der Waals surface area contributed by atoms with E-state index < -0.39 is 9.84 Å². The highest BCUT2D eigenvalue weighted by Gasteiger charge is 2.14. The van der Waals surface area contributed by atoms with Crippen molar-refractivity contribution in [3.05, 3.63) is 53.0 Å². The third-order valence-electron chi connectivity index (χ3n) is 2.70. The zero-order valence-corrected chi connectivity index (χ0v) is 13.0. The van der Waals surface area contributed by atoms with Gasteiger partial charge in [0.05, 0.1) is 16.3 Å². The van der Waals surface area contributed by atoms with Gasteiger partial charge in [0, 0.05) is 4.47 Å². The Labute approximate surface area is 126 Å². The van der Waals surface area contributed by atoms with Crippen molar-refractivity contribution in [1.82, 2.24) is 0 Å². The molecule has 0 aliphatic heterocycles. The molecule has 2 aromatic carbocycles. The van der Waals surface area contributed by atoms with E-state index in [-0.39, 0.29) is 17.3 Å². The number of sulfone groups is 1. The molecular formula is C14H14BrNO3S. The number of nitrogen functional groups attached to an aromatic ring is 1. The lowest BCUT2D eigenvalue weighted by Crippen LogP contribution is -2.14. The van der Waals surface area contributed by atoms with Crippen molar-refractivity contribution in [3.8, 4) is 5.75 Å². The first-order valence-corrected chi connectivity index (χ1v) is 8.39. The third kappa shape index (κ3) is 3.74. The molecule has 4 nitrogen and oxygen atoms in total. The molecule has 0 aromatic heterocycles. The van der Waals surface area contributed by atoms with Crippen molar-refractivity contribution in [1.29, 1.82) is 0 Å². The molecular weight excluding hydrogens is 342 g/mol. The first-order chi connectivity index (χ1) is 9.49. The minimum atomic E-state index is -3.35. The first kappa shape index (κ1) is 14.9. The second-order valence-corrected chi connectivity index (χ2v) is 7.18. The van der Waals surface area contributed by atoms with Crippen LogP contribution in [0.2, 0.25) is 0 Å². The zero-order chi connectivity index (χ0) is 14.6. The van der Waals surface area contributed by atoms with Crippen LogP contribution < -0.4 is 10.5 Å². The highest BCUT2D eigenvalue weighted by molar-refractivity contribution is 9.10. The van der Waals surface area contributed by atoms with E-state index in [4.69, 9.17) is 10.5 Å². The maximum absolute atomic E-state index is 12.1. The van der Waals surface area contributed by atoms with E-state index in [0.717, 1.165) is 4.47 Å². The predicted molar refractivity (Wildman–Crippen MR) is 82.5 cm³/mol. The van der Waals surface area contributed by atoms with Crippen molar-refractivity contribution >= 4 is 31.5 Å². The number of hydrogen-bond acceptors (Lipinski definition) is 4. The quantitative estimate of drug-likeness (QED) is 0.837. The average molecular weight is 356 g/mol. The molecule has 0 bridgehead atoms. The van der Waals surface area contributed by atoms with Gasteiger partial charge >= 0.3 is 0 Å². The van der Waals surface area contributed by atoms with Crippen LogP contribution in [0.4, 0.5) is 5.69 Å². The summed E-state index contributed by atoms with van der Waals surface area (Å²) in [5, 5.41) is 0. The molecule has 0 aliphatic carbocycles. The number of halogens is 1. The summed E-state index contributed by atoms with van der Waals surface area (Å²) in [5.74, 6) is 0.404. The normalized spacial score (nSPS) is 11.2. The van der Waals surface area contributed by atoms with E-state index in [1.54, 1.807) is 48.5 Å². The van der Waals surface area contributed by atoms with Gasteiger partial charge in [0.15, 0.2) is 9.84 Å². The van der Waals surface area contributed by atoms with Crippen LogP contribution in [0.1, 0.15) is 0 Å². The maximum Gasteiger partial charge on any atom is 0.181 e. The van der Waals surface area contributed by atoms with Gasteiger partial charge < -0.3 is 10.5 Å². The largest absolute Gasteiger partial charge is 0.490 e. The van der Waals surface area contributed by atoms with Gasteiger partial charge in [0.25, 0.3) is 0 Å². The van der Waals surface area contributed by atoms with E-state index in [1.807, 2.05) is 0 Å². The molecule has 0 fully saturated rings. The lowest BCUT2D eigenvalue weighted by molar-refractivity contribution is 0.342. The average Bonchev–Trinajstić information content (AvgIpc) is 2.41. The third-order valence-corrected chi connectivity index (χ3v) is 4.92. The van der Waals surface area contributed by atoms with E-state index in [0.29, 0.717) is 11.4 Å². The Morgan fingerprint density at radius 1 is 1.05 bits per heavy atom. The smallest absolute Gasteiger partial charge is 0.181 e. The molecule has 0 amide bonds. The lowest BCUT2D eigenvalue weighted by atomic mass is 10.3. The Bertz CT molecular complexity index is 684. The van der Waals surface area contributed by atoms with Gasteiger partial charge in [0.2, 0.25) is 0 Å². The summed E-state index contributed by atoms with van der Waals surface area (Å²) >= 11 is 3.27. The van der Waals surface area contributed by atoms with Gasteiger partial charge in [-0.25, -0.2) is 8.42 Å². The highest BCUT2D eigenvalue weighted by Crippen LogP contribution is 2.20. The van der Waals surface area contributed by atoms with Crippen LogP contribution in [0.3, 0.4) is 0 Å². The fraction of sp³-hybridized carbons (Fsp3) is 0.143. The van der Waals surface area contributed by atoms with Crippen LogP contribution in [0.25, 0.3) is 0 Å². The molecule has 0 aliphatic rings. The monoisotopic (exact) mass is 355 g/mol. The molecule has 0 unspecified atom stereocenters. The SMILES string of the molecule is Nc1ccccc1OCCS(=O)(=O)c1ccc(Br)cc1. The summed E-state index contributed by atoms with van der Waals surface area (Å²) in [5.41, 5.74) is 6.21. The molecule has 0 radical (unpaired) electrons. The molecule has 6 heteroatoms. The van der Waals surface area contributed by atoms with E-state index in [2.05, 4.69) is 15.9 Å². The van der Waals surface area contributed by atoms with Gasteiger partial charge in [0.1, 0.15) is 12.4 Å². The summed E-state index contributed by atoms with van der Waals surface area (Å²) in [6.07, 6.45) is 0. The Balaban J connectivity index is 2.00. The molecule has 2 N–H and O–H groups in total. The molecule has 2 aromatic rings. The summed E-state index contributed by atoms with van der Waals surface area (Å²) in [7, 11) is -3.35. The van der Waals surface area contributed by atoms with Crippen LogP contribution in [0.5, 0.6) is 5.75 Å². The number of benzene rings is 2. The Morgan fingerprint density at radius 2 is 1.70 bits per heavy atom. The lowest BCUT2D eigenvalue weighted by Gasteiger charge is -2.09. The van der Waals surface area contributed by atoms with Crippen LogP contribution in [-0.2, 0) is 9.84 Å². The number of nitrogens with two attached hydrogens (primary N) is 1. The molecule has 20 heavy (non-hydrogen) atoms. The van der Waals surface area contributed by atoms with Crippen molar-refractivity contribution in [2.24, 2.45) is 0 Å². The molecule has 0 atom stereocenters. The van der Waals surface area contributed by atoms with Gasteiger partial charge in [-0.3, -0.25) is 0 Å². The van der Waals surface area contributed by atoms with Gasteiger partial charge in [-0.1, -0.05) is 28.1 Å². The zero-order valence-electron chi connectivity index (χ0n) is 10.6. The van der Waals surface area contributed by atoms with Crippen LogP contribution >= 0.6 is 15.9 Å². The number of anilines is 1. The summed E-state index contributed by atoms with van der Waals surface area (Å²) in [4.78, 5) is 0.283. The fourth-order valence-electron chi connectivity index (χ4n) is 1.63. The van der Waals surface area contributed by atoms with Gasteiger partial charge in [-0.15, -0.1) is 0 Å². The second-order valence-electron chi connectivity index (χ2n) is 4.16. The van der Waals surface area contributed by atoms with Gasteiger partial charge in [-0.05, 0) is 36.4 Å². The topological polar surface area (TPSA) is 69.4 Å². The first-order valence-electron chi connectivity index (χ1n) is 5.95. The minimum Gasteiger partial charge on any atom is -0.490 e. The van der Waals surface area contributed by atoms with Crippen molar-refractivity contribution < 1.29 is 13.2 Å². The molecule has 2 rings (SSSR count). The van der Waals surface area contributed by atoms with Gasteiger partial charge in [-0.2, -0.15) is 0 Å². The number of para-hydroxylation sites is 2. The summed E-state index contributed by atoms with van der Waals surface area (Å²) in [6, 6.07) is 13.5. The molecule has 106 valence electrons. The second kappa shape index (κ2) is 6.28. The van der Waals surface area contributed by atoms with Crippen molar-refractivity contribution in [3.63, 3.8) is 0 Å². The number of rotatable bonds is 5. The Kier molecular flexibility index (Phi) is 4.67. The van der Waals surface area contributed by atoms with Crippen molar-refractivity contribution in [2.45, 2.75) is 4.90 Å². The van der Waals surface area contributed by atoms with E-state index in [1.165, 1.54) is 0 Å². The van der Waals surface area contributed by atoms with Crippen LogP contribution in [-0.4, -0.2) is 20.8 Å². The molecule has 0 saturated carbocycles. The number of ether oxygens (including phenoxy) is 1. The molecule has 0 heterocycles. The number of hydrogen-bond donors (Lipinski definition) is 1. The highest BCUT2D eigenvalue weighted by atomic mass is 79.9. The summed E-state index contributed by atoms with van der Waals surface area (Å²) < 4.78 is 30.4. The standard InChI is InChI=1S/C14H14BrNO3S/c15-11-5-7-12(8-6-11)20(17,18)10-9-19-14-4-2-1-3-13(14)16/h1-8H,9-10,16H2. The van der Waals surface area contributed by atoms with E-state index in [9.17, 15) is 8.42 Å². The van der Waals surface area contributed by atoms with Crippen LogP contribution in [0, 0.1) is 0 Å². The summed E-state index contributed by atoms with van der Waals surface area (Å²) in [6.45, 7) is 0.0621. The van der Waals surface area contributed by atoms with E-state index >= 15 is 0 Å². The van der Waals surface area contributed by atoms with Crippen LogP contribution in [0.15, 0.2) is 57.9 Å². The predicted octanol–water partition coefficient (Wildman–Crippen LogP) is 2.88. The minimum absolute atomic E-state index is 0.0621. The molecule has 0 saturated heterocycles. The van der Waals surface area contributed by atoms with Crippen molar-refractivity contribution in [2.75, 3.05) is 18.1 Å².